The number of hydrogen-bond donors (Lipinski definition) is 2. The number of halogens is 1. The Morgan fingerprint density at radius 2 is 1.70 bits per heavy atom. The number of piperidine rings is 3. The summed E-state index contributed by atoms with van der Waals surface area (Å²) in [5.41, 5.74) is 2.51. The molecule has 0 bridgehead atoms. The molecule has 0 saturated carbocycles. The summed E-state index contributed by atoms with van der Waals surface area (Å²) in [5.74, 6) is 1.77. The molecule has 50 heavy (non-hydrogen) atoms. The minimum Gasteiger partial charge on any atom is -0.496 e. The Hall–Kier alpha value is -4.97. The number of nitrogens with zero attached hydrogens (tertiary/aromatic N) is 5. The number of imide groups is 1. The summed E-state index contributed by atoms with van der Waals surface area (Å²) >= 11 is 6.83. The zero-order valence-corrected chi connectivity index (χ0v) is 28.9. The van der Waals surface area contributed by atoms with Gasteiger partial charge in [-0.3, -0.25) is 29.5 Å². The third-order valence-corrected chi connectivity index (χ3v) is 10.8. The number of likely N-dealkylation sites (tertiary alicyclic amines) is 1. The van der Waals surface area contributed by atoms with Crippen molar-refractivity contribution >= 4 is 51.6 Å². The molecule has 3 fully saturated rings. The normalized spacial score (nSPS) is 19.1. The maximum Gasteiger partial charge on any atom is 0.259 e. The number of rotatable bonds is 7. The summed E-state index contributed by atoms with van der Waals surface area (Å²) in [7, 11) is 3.24. The van der Waals surface area contributed by atoms with Crippen LogP contribution in [0.15, 0.2) is 59.9 Å². The van der Waals surface area contributed by atoms with Gasteiger partial charge in [0.15, 0.2) is 0 Å². The number of aryl methyl sites for hydroxylation is 1. The van der Waals surface area contributed by atoms with E-state index in [1.807, 2.05) is 23.1 Å². The van der Waals surface area contributed by atoms with Crippen LogP contribution in [0, 0.1) is 11.8 Å². The number of methoxy groups -OCH3 is 1. The van der Waals surface area contributed by atoms with Crippen LogP contribution in [0.1, 0.15) is 48.9 Å². The molecular formula is C37H40ClN7O5. The van der Waals surface area contributed by atoms with Crippen LogP contribution in [0.4, 0.5) is 11.5 Å². The van der Waals surface area contributed by atoms with Gasteiger partial charge in [0.05, 0.1) is 29.4 Å². The SMILES string of the molecule is COc1cc(-c2cn(C)c(=O)c3cnccc23)cc(Cl)c1C(=O)N1CCC(C2CCN(c3ccc(NC4CCC(=O)NC4=O)cn3)CC2)CC1. The van der Waals surface area contributed by atoms with Crippen molar-refractivity contribution in [1.82, 2.24) is 24.8 Å². The van der Waals surface area contributed by atoms with E-state index in [0.717, 1.165) is 66.8 Å². The number of benzene rings is 1. The van der Waals surface area contributed by atoms with Crippen LogP contribution in [-0.4, -0.2) is 76.5 Å². The van der Waals surface area contributed by atoms with Gasteiger partial charge >= 0.3 is 0 Å². The fourth-order valence-electron chi connectivity index (χ4n) is 7.67. The molecule has 1 atom stereocenters. The van der Waals surface area contributed by atoms with Gasteiger partial charge in [-0.2, -0.15) is 0 Å². The maximum atomic E-state index is 13.9. The highest BCUT2D eigenvalue weighted by Gasteiger charge is 2.33. The number of amides is 3. The molecule has 260 valence electrons. The maximum absolute atomic E-state index is 13.9. The summed E-state index contributed by atoms with van der Waals surface area (Å²) in [6.45, 7) is 3.15. The van der Waals surface area contributed by atoms with Gasteiger partial charge in [-0.15, -0.1) is 0 Å². The highest BCUT2D eigenvalue weighted by atomic mass is 35.5. The third kappa shape index (κ3) is 6.64. The van der Waals surface area contributed by atoms with E-state index >= 15 is 0 Å². The molecule has 0 spiro atoms. The van der Waals surface area contributed by atoms with Crippen LogP contribution in [0.3, 0.4) is 0 Å². The molecule has 0 aliphatic carbocycles. The lowest BCUT2D eigenvalue weighted by atomic mass is 9.78. The molecule has 3 saturated heterocycles. The van der Waals surface area contributed by atoms with Crippen molar-refractivity contribution in [1.29, 1.82) is 0 Å². The van der Waals surface area contributed by atoms with Crippen molar-refractivity contribution in [2.75, 3.05) is 43.5 Å². The number of ether oxygens (including phenoxy) is 1. The van der Waals surface area contributed by atoms with Gasteiger partial charge in [0.2, 0.25) is 11.8 Å². The molecular weight excluding hydrogens is 658 g/mol. The van der Waals surface area contributed by atoms with Crippen LogP contribution in [0.2, 0.25) is 5.02 Å². The quantitative estimate of drug-likeness (QED) is 0.265. The Balaban J connectivity index is 0.953. The molecule has 13 heteroatoms. The van der Waals surface area contributed by atoms with E-state index in [2.05, 4.69) is 25.5 Å². The standard InChI is InChI=1S/C37H40ClN7O5/c1-43-21-28(26-7-12-39-20-27(26)36(43)48)24-17-29(38)34(31(18-24)50-2)37(49)45-15-10-23(11-16-45)22-8-13-44(14-9-22)32-5-3-25(19-40-32)41-30-4-6-33(46)42-35(30)47/h3,5,7,12,17-23,30,41H,4,6,8-11,13-16H2,1-2H3,(H,42,46,47). The molecule has 3 aromatic heterocycles. The number of fused-ring (bicyclic) bond motifs is 1. The minimum atomic E-state index is -0.435. The number of hydrogen-bond acceptors (Lipinski definition) is 9. The summed E-state index contributed by atoms with van der Waals surface area (Å²) in [6.07, 6.45) is 11.5. The molecule has 3 aliphatic rings. The fraction of sp³-hybridized carbons (Fsp3) is 0.405. The van der Waals surface area contributed by atoms with E-state index in [9.17, 15) is 19.2 Å². The van der Waals surface area contributed by atoms with Crippen molar-refractivity contribution in [3.63, 3.8) is 0 Å². The molecule has 12 nitrogen and oxygen atoms in total. The Kier molecular flexibility index (Phi) is 9.46. The first-order valence-corrected chi connectivity index (χ1v) is 17.5. The average Bonchev–Trinajstić information content (AvgIpc) is 3.14. The largest absolute Gasteiger partial charge is 0.496 e. The minimum absolute atomic E-state index is 0.136. The number of pyridine rings is 3. The summed E-state index contributed by atoms with van der Waals surface area (Å²) in [4.78, 5) is 63.0. The fourth-order valence-corrected chi connectivity index (χ4v) is 7.96. The second-order valence-electron chi connectivity index (χ2n) is 13.4. The van der Waals surface area contributed by atoms with E-state index in [1.165, 1.54) is 11.7 Å². The first-order chi connectivity index (χ1) is 24.2. The Bertz CT molecular complexity index is 2000. The summed E-state index contributed by atoms with van der Waals surface area (Å²) in [6, 6.07) is 8.87. The number of nitrogens with one attached hydrogen (secondary N) is 2. The highest BCUT2D eigenvalue weighted by molar-refractivity contribution is 6.34. The molecule has 1 unspecified atom stereocenters. The number of anilines is 2. The number of aromatic nitrogens is 3. The smallest absolute Gasteiger partial charge is 0.259 e. The van der Waals surface area contributed by atoms with Crippen LogP contribution in [0.25, 0.3) is 21.9 Å². The van der Waals surface area contributed by atoms with E-state index in [1.54, 1.807) is 44.0 Å². The summed E-state index contributed by atoms with van der Waals surface area (Å²) in [5, 5.41) is 7.12. The number of carbonyl (C=O) groups is 3. The van der Waals surface area contributed by atoms with Crippen LogP contribution >= 0.6 is 11.6 Å². The van der Waals surface area contributed by atoms with Crippen LogP contribution in [-0.2, 0) is 16.6 Å². The van der Waals surface area contributed by atoms with Crippen molar-refractivity contribution in [3.05, 3.63) is 76.1 Å². The number of carbonyl (C=O) groups excluding carboxylic acids is 3. The van der Waals surface area contributed by atoms with Gasteiger partial charge in [-0.05, 0) is 85.2 Å². The van der Waals surface area contributed by atoms with Crippen molar-refractivity contribution in [2.24, 2.45) is 18.9 Å². The van der Waals surface area contributed by atoms with Gasteiger partial charge in [0.1, 0.15) is 23.2 Å². The molecule has 3 aliphatic heterocycles. The van der Waals surface area contributed by atoms with Crippen molar-refractivity contribution in [2.45, 2.75) is 44.6 Å². The van der Waals surface area contributed by atoms with Crippen LogP contribution < -0.4 is 25.8 Å². The molecule has 0 radical (unpaired) electrons. The average molecular weight is 698 g/mol. The lowest BCUT2D eigenvalue weighted by Crippen LogP contribution is -2.47. The predicted octanol–water partition coefficient (Wildman–Crippen LogP) is 4.64. The second-order valence-corrected chi connectivity index (χ2v) is 13.8. The molecule has 6 heterocycles. The van der Waals surface area contributed by atoms with Gasteiger partial charge in [0.25, 0.3) is 11.5 Å². The van der Waals surface area contributed by atoms with E-state index in [4.69, 9.17) is 16.3 Å². The highest BCUT2D eigenvalue weighted by Crippen LogP contribution is 2.38. The second kappa shape index (κ2) is 14.1. The molecule has 2 N–H and O–H groups in total. The van der Waals surface area contributed by atoms with Crippen LogP contribution in [0.5, 0.6) is 5.75 Å². The lowest BCUT2D eigenvalue weighted by Gasteiger charge is -2.40. The van der Waals surface area contributed by atoms with E-state index < -0.39 is 6.04 Å². The topological polar surface area (TPSA) is 139 Å². The summed E-state index contributed by atoms with van der Waals surface area (Å²) < 4.78 is 7.24. The molecule has 7 rings (SSSR count). The zero-order chi connectivity index (χ0) is 34.9. The van der Waals surface area contributed by atoms with Gasteiger partial charge in [-0.1, -0.05) is 11.6 Å². The van der Waals surface area contributed by atoms with Gasteiger partial charge in [-0.25, -0.2) is 4.98 Å². The predicted molar refractivity (Wildman–Crippen MR) is 192 cm³/mol. The zero-order valence-electron chi connectivity index (χ0n) is 28.2. The van der Waals surface area contributed by atoms with E-state index in [-0.39, 0.29) is 23.3 Å². The first-order valence-electron chi connectivity index (χ1n) is 17.1. The monoisotopic (exact) mass is 697 g/mol. The molecule has 4 aromatic rings. The van der Waals surface area contributed by atoms with Gasteiger partial charge in [0, 0.05) is 63.8 Å². The van der Waals surface area contributed by atoms with Gasteiger partial charge < -0.3 is 24.4 Å². The molecule has 3 amide bonds. The third-order valence-electron chi connectivity index (χ3n) is 10.5. The first kappa shape index (κ1) is 33.5. The Morgan fingerprint density at radius 1 is 0.960 bits per heavy atom. The lowest BCUT2D eigenvalue weighted by molar-refractivity contribution is -0.133. The van der Waals surface area contributed by atoms with Crippen molar-refractivity contribution in [3.8, 4) is 16.9 Å². The molecule has 1 aromatic carbocycles. The van der Waals surface area contributed by atoms with E-state index in [0.29, 0.717) is 59.5 Å². The Morgan fingerprint density at radius 3 is 2.38 bits per heavy atom. The van der Waals surface area contributed by atoms with Crippen molar-refractivity contribution < 1.29 is 19.1 Å². The Labute approximate surface area is 294 Å².